The van der Waals surface area contributed by atoms with Gasteiger partial charge in [-0.2, -0.15) is 0 Å². The van der Waals surface area contributed by atoms with Crippen LogP contribution in [0.2, 0.25) is 0 Å². The molecule has 0 radical (unpaired) electrons. The minimum Gasteiger partial charge on any atom is -0.548 e. The van der Waals surface area contributed by atoms with Crippen molar-refractivity contribution in [2.24, 2.45) is 5.92 Å². The average molecular weight is 241 g/mol. The van der Waals surface area contributed by atoms with Crippen molar-refractivity contribution in [1.82, 2.24) is 10.6 Å². The first kappa shape index (κ1) is 13.8. The van der Waals surface area contributed by atoms with Gasteiger partial charge in [-0.15, -0.1) is 0 Å². The van der Waals surface area contributed by atoms with Crippen LogP contribution in [0.1, 0.15) is 46.0 Å². The van der Waals surface area contributed by atoms with Crippen LogP contribution in [0.15, 0.2) is 0 Å². The molecule has 0 aliphatic heterocycles. The van der Waals surface area contributed by atoms with Crippen molar-refractivity contribution in [2.75, 3.05) is 0 Å². The quantitative estimate of drug-likeness (QED) is 0.730. The number of hydrogen-bond donors (Lipinski definition) is 2. The average Bonchev–Trinajstić information content (AvgIpc) is 2.77. The van der Waals surface area contributed by atoms with E-state index in [0.717, 1.165) is 25.7 Å². The molecule has 5 heteroatoms. The smallest absolute Gasteiger partial charge is 0.315 e. The Hall–Kier alpha value is -1.26. The Kier molecular flexibility index (Phi) is 5.25. The van der Waals surface area contributed by atoms with Crippen LogP contribution < -0.4 is 15.7 Å². The molecule has 2 atom stereocenters. The lowest BCUT2D eigenvalue weighted by Gasteiger charge is -2.26. The summed E-state index contributed by atoms with van der Waals surface area (Å²) in [5.41, 5.74) is 0. The molecule has 5 nitrogen and oxygen atoms in total. The molecule has 1 aliphatic carbocycles. The first-order chi connectivity index (χ1) is 8.04. The Bertz CT molecular complexity index is 275. The van der Waals surface area contributed by atoms with Crippen molar-refractivity contribution < 1.29 is 14.7 Å². The van der Waals surface area contributed by atoms with Crippen molar-refractivity contribution in [2.45, 2.75) is 58.0 Å². The molecule has 0 aromatic carbocycles. The van der Waals surface area contributed by atoms with Gasteiger partial charge in [0, 0.05) is 6.04 Å². The number of carboxylic acids is 1. The van der Waals surface area contributed by atoms with Crippen LogP contribution in [-0.2, 0) is 4.79 Å². The van der Waals surface area contributed by atoms with Crippen molar-refractivity contribution >= 4 is 12.0 Å². The predicted octanol–water partition coefficient (Wildman–Crippen LogP) is 0.393. The molecule has 2 amide bonds. The topological polar surface area (TPSA) is 81.3 Å². The van der Waals surface area contributed by atoms with E-state index in [0.29, 0.717) is 6.42 Å². The maximum atomic E-state index is 11.6. The molecule has 1 saturated carbocycles. The van der Waals surface area contributed by atoms with Gasteiger partial charge in [0.1, 0.15) is 0 Å². The molecule has 1 fully saturated rings. The summed E-state index contributed by atoms with van der Waals surface area (Å²) in [5.74, 6) is -1.35. The van der Waals surface area contributed by atoms with Gasteiger partial charge in [-0.3, -0.25) is 0 Å². The molecule has 2 N–H and O–H groups in total. The zero-order valence-electron chi connectivity index (χ0n) is 10.5. The van der Waals surface area contributed by atoms with Crippen molar-refractivity contribution in [3.63, 3.8) is 0 Å². The van der Waals surface area contributed by atoms with E-state index in [1.54, 1.807) is 6.92 Å². The van der Waals surface area contributed by atoms with Crippen LogP contribution in [0.3, 0.4) is 0 Å². The summed E-state index contributed by atoms with van der Waals surface area (Å²) in [6, 6.07) is -1.12. The summed E-state index contributed by atoms with van der Waals surface area (Å²) in [6.07, 6.45) is 4.89. The standard InChI is InChI=1S/C12H22N2O3/c1-3-8(2)10(11(15)16)14-12(17)13-9-6-4-5-7-9/h8-10H,3-7H2,1-2H3,(H,15,16)(H2,13,14,17)/p-1/t8-,10+/m1/s1. The molecule has 0 aromatic rings. The van der Waals surface area contributed by atoms with Gasteiger partial charge in [0.2, 0.25) is 0 Å². The Morgan fingerprint density at radius 2 is 1.94 bits per heavy atom. The third kappa shape index (κ3) is 4.24. The number of carbonyl (C=O) groups excluding carboxylic acids is 2. The van der Waals surface area contributed by atoms with Crippen molar-refractivity contribution in [1.29, 1.82) is 0 Å². The van der Waals surface area contributed by atoms with E-state index >= 15 is 0 Å². The second-order valence-corrected chi connectivity index (χ2v) is 4.78. The highest BCUT2D eigenvalue weighted by atomic mass is 16.4. The lowest BCUT2D eigenvalue weighted by atomic mass is 9.99. The fourth-order valence-corrected chi connectivity index (χ4v) is 2.11. The predicted molar refractivity (Wildman–Crippen MR) is 62.2 cm³/mol. The summed E-state index contributed by atoms with van der Waals surface area (Å²) in [7, 11) is 0. The van der Waals surface area contributed by atoms with Crippen LogP contribution >= 0.6 is 0 Å². The summed E-state index contributed by atoms with van der Waals surface area (Å²) < 4.78 is 0. The lowest BCUT2D eigenvalue weighted by Crippen LogP contribution is -2.55. The largest absolute Gasteiger partial charge is 0.548 e. The molecule has 0 spiro atoms. The van der Waals surface area contributed by atoms with Crippen molar-refractivity contribution in [3.8, 4) is 0 Å². The monoisotopic (exact) mass is 241 g/mol. The maximum Gasteiger partial charge on any atom is 0.315 e. The van der Waals surface area contributed by atoms with Crippen LogP contribution in [0.5, 0.6) is 0 Å². The number of aliphatic carboxylic acids is 1. The normalized spacial score (nSPS) is 19.6. The van der Waals surface area contributed by atoms with Gasteiger partial charge < -0.3 is 20.5 Å². The molecular weight excluding hydrogens is 220 g/mol. The van der Waals surface area contributed by atoms with Gasteiger partial charge in [0.25, 0.3) is 0 Å². The van der Waals surface area contributed by atoms with E-state index in [1.165, 1.54) is 0 Å². The Balaban J connectivity index is 2.43. The van der Waals surface area contributed by atoms with E-state index in [9.17, 15) is 14.7 Å². The van der Waals surface area contributed by atoms with Crippen molar-refractivity contribution in [3.05, 3.63) is 0 Å². The minimum absolute atomic E-state index is 0.130. The summed E-state index contributed by atoms with van der Waals surface area (Å²) in [4.78, 5) is 22.5. The first-order valence-corrected chi connectivity index (χ1v) is 6.32. The van der Waals surface area contributed by atoms with E-state index in [4.69, 9.17) is 0 Å². The molecular formula is C12H21N2O3-. The fraction of sp³-hybridized carbons (Fsp3) is 0.833. The Morgan fingerprint density at radius 1 is 1.35 bits per heavy atom. The van der Waals surface area contributed by atoms with Gasteiger partial charge in [0.15, 0.2) is 0 Å². The molecule has 1 aliphatic rings. The number of nitrogens with one attached hydrogen (secondary N) is 2. The highest BCUT2D eigenvalue weighted by Gasteiger charge is 2.22. The number of hydrogen-bond acceptors (Lipinski definition) is 3. The highest BCUT2D eigenvalue weighted by Crippen LogP contribution is 2.17. The van der Waals surface area contributed by atoms with E-state index in [2.05, 4.69) is 10.6 Å². The van der Waals surface area contributed by atoms with Gasteiger partial charge >= 0.3 is 6.03 Å². The van der Waals surface area contributed by atoms with Crippen LogP contribution in [-0.4, -0.2) is 24.1 Å². The summed E-state index contributed by atoms with van der Waals surface area (Å²) >= 11 is 0. The molecule has 0 saturated heterocycles. The first-order valence-electron chi connectivity index (χ1n) is 6.32. The third-order valence-corrected chi connectivity index (χ3v) is 3.44. The zero-order valence-corrected chi connectivity index (χ0v) is 10.5. The van der Waals surface area contributed by atoms with Gasteiger partial charge in [0.05, 0.1) is 12.0 Å². The maximum absolute atomic E-state index is 11.6. The van der Waals surface area contributed by atoms with Gasteiger partial charge in [-0.05, 0) is 18.8 Å². The number of carbonyl (C=O) groups is 2. The molecule has 0 aromatic heterocycles. The molecule has 0 bridgehead atoms. The number of rotatable bonds is 5. The molecule has 17 heavy (non-hydrogen) atoms. The van der Waals surface area contributed by atoms with Crippen LogP contribution in [0, 0.1) is 5.92 Å². The van der Waals surface area contributed by atoms with Crippen LogP contribution in [0.25, 0.3) is 0 Å². The zero-order chi connectivity index (χ0) is 12.8. The highest BCUT2D eigenvalue weighted by molar-refractivity contribution is 5.81. The molecule has 1 rings (SSSR count). The van der Waals surface area contributed by atoms with E-state index < -0.39 is 18.0 Å². The van der Waals surface area contributed by atoms with Gasteiger partial charge in [-0.1, -0.05) is 33.1 Å². The minimum atomic E-state index is -1.22. The van der Waals surface area contributed by atoms with Gasteiger partial charge in [-0.25, -0.2) is 4.79 Å². The number of carboxylic acid groups (broad SMARTS) is 1. The summed E-state index contributed by atoms with van der Waals surface area (Å²) in [5, 5.41) is 16.2. The lowest BCUT2D eigenvalue weighted by molar-refractivity contribution is -0.309. The molecule has 0 unspecified atom stereocenters. The van der Waals surface area contributed by atoms with E-state index in [-0.39, 0.29) is 12.0 Å². The molecule has 0 heterocycles. The third-order valence-electron chi connectivity index (χ3n) is 3.44. The Morgan fingerprint density at radius 3 is 2.41 bits per heavy atom. The number of amides is 2. The van der Waals surface area contributed by atoms with Crippen LogP contribution in [0.4, 0.5) is 4.79 Å². The Labute approximate surface area is 102 Å². The second kappa shape index (κ2) is 6.47. The summed E-state index contributed by atoms with van der Waals surface area (Å²) in [6.45, 7) is 3.67. The van der Waals surface area contributed by atoms with E-state index in [1.807, 2.05) is 6.92 Å². The molecule has 98 valence electrons. The second-order valence-electron chi connectivity index (χ2n) is 4.78. The SMILES string of the molecule is CC[C@@H](C)[C@H](NC(=O)NC1CCCC1)C(=O)[O-]. The number of urea groups is 1. The fourth-order valence-electron chi connectivity index (χ4n) is 2.11.